The van der Waals surface area contributed by atoms with Gasteiger partial charge in [-0.05, 0) is 41.5 Å². The van der Waals surface area contributed by atoms with E-state index < -0.39 is 45.4 Å². The number of nitrogens with zero attached hydrogens (tertiary/aromatic N) is 1. The molecule has 9 heteroatoms. The molecule has 0 aromatic rings. The van der Waals surface area contributed by atoms with Crippen LogP contribution >= 0.6 is 0 Å². The first-order valence-corrected chi connectivity index (χ1v) is 9.94. The molecule has 25 heavy (non-hydrogen) atoms. The van der Waals surface area contributed by atoms with Gasteiger partial charge in [-0.15, -0.1) is 0 Å². The van der Waals surface area contributed by atoms with Crippen LogP contribution in [0.5, 0.6) is 0 Å². The van der Waals surface area contributed by atoms with Crippen LogP contribution in [0.1, 0.15) is 48.0 Å². The van der Waals surface area contributed by atoms with E-state index in [0.29, 0.717) is 0 Å². The topological polar surface area (TPSA) is 99.2 Å². The third-order valence-electron chi connectivity index (χ3n) is 3.11. The predicted octanol–water partition coefficient (Wildman–Crippen LogP) is 1.09. The fourth-order valence-electron chi connectivity index (χ4n) is 2.51. The van der Waals surface area contributed by atoms with Gasteiger partial charge in [-0.3, -0.25) is 18.7 Å². The maximum atomic E-state index is 12.4. The van der Waals surface area contributed by atoms with Crippen LogP contribution in [0.25, 0.3) is 0 Å². The molecular weight excluding hydrogens is 350 g/mol. The molecule has 0 aromatic carbocycles. The Balaban J connectivity index is 2.87. The van der Waals surface area contributed by atoms with Gasteiger partial charge in [0.15, 0.2) is 0 Å². The summed E-state index contributed by atoms with van der Waals surface area (Å²) in [6.07, 6.45) is 0.367. The zero-order chi connectivity index (χ0) is 19.6. The van der Waals surface area contributed by atoms with Crippen LogP contribution in [0.3, 0.4) is 0 Å². The second-order valence-electron chi connectivity index (χ2n) is 8.22. The van der Waals surface area contributed by atoms with Gasteiger partial charge in [-0.25, -0.2) is 0 Å². The largest absolute Gasteiger partial charge is 0.459 e. The number of carbonyl (C=O) groups excluding carboxylic acids is 2. The summed E-state index contributed by atoms with van der Waals surface area (Å²) in [4.78, 5) is 26.1. The number of rotatable bonds is 5. The minimum absolute atomic E-state index is 0.121. The fraction of sp³-hybridized carbons (Fsp3) is 0.875. The van der Waals surface area contributed by atoms with Crippen molar-refractivity contribution in [3.8, 4) is 0 Å². The first-order valence-electron chi connectivity index (χ1n) is 8.13. The lowest BCUT2D eigenvalue weighted by Crippen LogP contribution is -2.44. The van der Waals surface area contributed by atoms with Crippen molar-refractivity contribution in [3.63, 3.8) is 0 Å². The molecule has 146 valence electrons. The van der Waals surface area contributed by atoms with E-state index in [9.17, 15) is 18.0 Å². The minimum atomic E-state index is -3.67. The molecule has 0 unspecified atom stereocenters. The van der Waals surface area contributed by atoms with E-state index in [0.717, 1.165) is 6.26 Å². The Morgan fingerprint density at radius 3 is 2.00 bits per heavy atom. The lowest BCUT2D eigenvalue weighted by Gasteiger charge is -2.27. The highest BCUT2D eigenvalue weighted by atomic mass is 32.2. The van der Waals surface area contributed by atoms with E-state index in [2.05, 4.69) is 0 Å². The van der Waals surface area contributed by atoms with Crippen molar-refractivity contribution >= 4 is 22.1 Å². The summed E-state index contributed by atoms with van der Waals surface area (Å²) in [5.74, 6) is -1.02. The Labute approximate surface area is 149 Å². The Kier molecular flexibility index (Phi) is 6.63. The van der Waals surface area contributed by atoms with Crippen molar-refractivity contribution in [1.82, 2.24) is 4.90 Å². The molecule has 0 amide bonds. The van der Waals surface area contributed by atoms with Gasteiger partial charge in [-0.2, -0.15) is 8.42 Å². The smallest absolute Gasteiger partial charge is 0.323 e. The van der Waals surface area contributed by atoms with Gasteiger partial charge in [-0.1, -0.05) is 0 Å². The van der Waals surface area contributed by atoms with E-state index in [1.165, 1.54) is 4.90 Å². The molecule has 0 bridgehead atoms. The molecule has 0 saturated carbocycles. The number of hydrogen-bond acceptors (Lipinski definition) is 8. The fourth-order valence-corrected chi connectivity index (χ4v) is 3.14. The van der Waals surface area contributed by atoms with Crippen LogP contribution in [0, 0.1) is 0 Å². The van der Waals surface area contributed by atoms with Gasteiger partial charge in [0.1, 0.15) is 17.2 Å². The molecule has 0 aliphatic carbocycles. The van der Waals surface area contributed by atoms with Crippen LogP contribution in [0.15, 0.2) is 0 Å². The van der Waals surface area contributed by atoms with Gasteiger partial charge in [0.25, 0.3) is 10.1 Å². The number of hydrogen-bond donors (Lipinski definition) is 0. The van der Waals surface area contributed by atoms with Gasteiger partial charge in [0.05, 0.1) is 18.9 Å². The summed E-state index contributed by atoms with van der Waals surface area (Å²) in [6.45, 7) is 10.4. The Bertz CT molecular complexity index is 601. The van der Waals surface area contributed by atoms with E-state index in [1.54, 1.807) is 41.5 Å². The molecule has 0 aromatic heterocycles. The van der Waals surface area contributed by atoms with E-state index in [1.807, 2.05) is 0 Å². The Morgan fingerprint density at radius 2 is 1.56 bits per heavy atom. The molecule has 0 spiro atoms. The quantitative estimate of drug-likeness (QED) is 0.517. The summed E-state index contributed by atoms with van der Waals surface area (Å²) in [5.41, 5.74) is -1.34. The van der Waals surface area contributed by atoms with Gasteiger partial charge in [0.2, 0.25) is 0 Å². The van der Waals surface area contributed by atoms with Gasteiger partial charge >= 0.3 is 11.9 Å². The first kappa shape index (κ1) is 21.9. The average Bonchev–Trinajstić information content (AvgIpc) is 2.63. The van der Waals surface area contributed by atoms with E-state index in [4.69, 9.17) is 13.7 Å². The predicted molar refractivity (Wildman–Crippen MR) is 91.4 cm³/mol. The standard InChI is InChI=1S/C16H29NO7S/c1-15(2,3)22-13(18)10-17-9-11(24-25(7,20)21)8-12(17)14(19)23-16(4,5)6/h11-12H,8-10H2,1-7H3/t11-,12+/m1/s1. The summed E-state index contributed by atoms with van der Waals surface area (Å²) in [7, 11) is -3.67. The molecule has 1 heterocycles. The van der Waals surface area contributed by atoms with Crippen LogP contribution in [-0.4, -0.2) is 67.9 Å². The molecule has 1 saturated heterocycles. The maximum Gasteiger partial charge on any atom is 0.323 e. The van der Waals surface area contributed by atoms with Crippen molar-refractivity contribution in [2.75, 3.05) is 19.3 Å². The van der Waals surface area contributed by atoms with Crippen molar-refractivity contribution in [2.45, 2.75) is 71.3 Å². The minimum Gasteiger partial charge on any atom is -0.459 e. The number of carbonyl (C=O) groups is 2. The second-order valence-corrected chi connectivity index (χ2v) is 9.82. The van der Waals surface area contributed by atoms with Gasteiger partial charge in [0, 0.05) is 13.0 Å². The van der Waals surface area contributed by atoms with E-state index in [-0.39, 0.29) is 19.5 Å². The molecule has 1 rings (SSSR count). The highest BCUT2D eigenvalue weighted by Gasteiger charge is 2.42. The summed E-state index contributed by atoms with van der Waals surface area (Å²) in [5, 5.41) is 0. The number of esters is 2. The Hall–Kier alpha value is -1.19. The highest BCUT2D eigenvalue weighted by molar-refractivity contribution is 7.86. The molecule has 1 aliphatic heterocycles. The highest BCUT2D eigenvalue weighted by Crippen LogP contribution is 2.24. The van der Waals surface area contributed by atoms with Crippen molar-refractivity contribution in [1.29, 1.82) is 0 Å². The van der Waals surface area contributed by atoms with Crippen molar-refractivity contribution in [3.05, 3.63) is 0 Å². The number of likely N-dealkylation sites (tertiary alicyclic amines) is 1. The van der Waals surface area contributed by atoms with Crippen LogP contribution < -0.4 is 0 Å². The monoisotopic (exact) mass is 379 g/mol. The van der Waals surface area contributed by atoms with Crippen LogP contribution in [-0.2, 0) is 33.4 Å². The molecule has 8 nitrogen and oxygen atoms in total. The molecule has 0 radical (unpaired) electrons. The molecular formula is C16H29NO7S. The van der Waals surface area contributed by atoms with Crippen molar-refractivity contribution < 1.29 is 31.7 Å². The lowest BCUT2D eigenvalue weighted by atomic mass is 10.1. The zero-order valence-electron chi connectivity index (χ0n) is 16.0. The summed E-state index contributed by atoms with van der Waals surface area (Å²) >= 11 is 0. The first-order chi connectivity index (χ1) is 11.1. The molecule has 0 N–H and O–H groups in total. The summed E-state index contributed by atoms with van der Waals surface area (Å²) < 4.78 is 38.4. The third-order valence-corrected chi connectivity index (χ3v) is 3.73. The van der Waals surface area contributed by atoms with Crippen LogP contribution in [0.4, 0.5) is 0 Å². The van der Waals surface area contributed by atoms with Gasteiger partial charge < -0.3 is 9.47 Å². The normalized spacial score (nSPS) is 22.7. The second kappa shape index (κ2) is 7.59. The molecule has 1 aliphatic rings. The summed E-state index contributed by atoms with van der Waals surface area (Å²) in [6, 6.07) is -0.765. The Morgan fingerprint density at radius 1 is 1.04 bits per heavy atom. The zero-order valence-corrected chi connectivity index (χ0v) is 16.8. The van der Waals surface area contributed by atoms with Crippen LogP contribution in [0.2, 0.25) is 0 Å². The average molecular weight is 379 g/mol. The van der Waals surface area contributed by atoms with E-state index >= 15 is 0 Å². The SMILES string of the molecule is CC(C)(C)OC(=O)CN1C[C@H](OS(C)(=O)=O)C[C@H]1C(=O)OC(C)(C)C. The maximum absolute atomic E-state index is 12.4. The number of ether oxygens (including phenoxy) is 2. The third kappa shape index (κ3) is 8.64. The van der Waals surface area contributed by atoms with Crippen molar-refractivity contribution in [2.24, 2.45) is 0 Å². The lowest BCUT2D eigenvalue weighted by molar-refractivity contribution is -0.163. The molecule has 1 fully saturated rings. The molecule has 2 atom stereocenters.